The zero-order chi connectivity index (χ0) is 14.5. The summed E-state index contributed by atoms with van der Waals surface area (Å²) in [5.74, 6) is -0.991. The highest BCUT2D eigenvalue weighted by Gasteiger charge is 2.11. The smallest absolute Gasteiger partial charge is 0.335 e. The molecule has 2 aromatic rings. The Hall–Kier alpha value is -2.89. The van der Waals surface area contributed by atoms with Crippen LogP contribution in [0.1, 0.15) is 15.9 Å². The Kier molecular flexibility index (Phi) is 3.95. The van der Waals surface area contributed by atoms with Gasteiger partial charge in [-0.3, -0.25) is 10.1 Å². The second-order valence-electron chi connectivity index (χ2n) is 4.12. The lowest BCUT2D eigenvalue weighted by Crippen LogP contribution is -2.03. The van der Waals surface area contributed by atoms with Gasteiger partial charge < -0.3 is 10.4 Å². The van der Waals surface area contributed by atoms with Gasteiger partial charge in [0.05, 0.1) is 10.5 Å². The number of carboxylic acid groups (broad SMARTS) is 1. The molecule has 0 aromatic heterocycles. The van der Waals surface area contributed by atoms with E-state index in [0.29, 0.717) is 17.8 Å². The van der Waals surface area contributed by atoms with Gasteiger partial charge in [0.15, 0.2) is 0 Å². The van der Waals surface area contributed by atoms with E-state index >= 15 is 0 Å². The highest BCUT2D eigenvalue weighted by Crippen LogP contribution is 2.19. The molecule has 0 aliphatic rings. The second-order valence-corrected chi connectivity index (χ2v) is 4.12. The average Bonchev–Trinajstić information content (AvgIpc) is 2.45. The summed E-state index contributed by atoms with van der Waals surface area (Å²) in [7, 11) is 0. The molecule has 6 nitrogen and oxygen atoms in total. The van der Waals surface area contributed by atoms with E-state index < -0.39 is 10.9 Å². The van der Waals surface area contributed by atoms with Crippen LogP contribution in [0.3, 0.4) is 0 Å². The first-order valence-electron chi connectivity index (χ1n) is 5.87. The zero-order valence-corrected chi connectivity index (χ0v) is 10.4. The van der Waals surface area contributed by atoms with E-state index in [1.54, 1.807) is 30.3 Å². The van der Waals surface area contributed by atoms with Gasteiger partial charge in [0.25, 0.3) is 5.69 Å². The predicted octanol–water partition coefficient (Wildman–Crippen LogP) is 2.91. The van der Waals surface area contributed by atoms with Gasteiger partial charge in [-0.25, -0.2) is 4.79 Å². The molecular weight excluding hydrogens is 260 g/mol. The first-order valence-corrected chi connectivity index (χ1v) is 5.87. The highest BCUT2D eigenvalue weighted by atomic mass is 16.6. The van der Waals surface area contributed by atoms with Crippen LogP contribution in [0.2, 0.25) is 0 Å². The fourth-order valence-corrected chi connectivity index (χ4v) is 1.77. The summed E-state index contributed by atoms with van der Waals surface area (Å²) in [6.07, 6.45) is 0. The summed E-state index contributed by atoms with van der Waals surface area (Å²) in [6.45, 7) is 0.295. The minimum atomic E-state index is -0.991. The third-order valence-corrected chi connectivity index (χ3v) is 2.80. The maximum atomic E-state index is 10.9. The Balaban J connectivity index is 2.09. The maximum Gasteiger partial charge on any atom is 0.335 e. The Bertz CT molecular complexity index is 638. The summed E-state index contributed by atoms with van der Waals surface area (Å²) in [5.41, 5.74) is 1.52. The lowest BCUT2D eigenvalue weighted by Gasteiger charge is -2.07. The first kappa shape index (κ1) is 13.5. The standard InChI is InChI=1S/C14H12N2O4/c17-14(18)10-5-7-12(8-6-10)15-9-11-3-1-2-4-13(11)16(19)20/h1-8,15H,9H2,(H,17,18). The van der Waals surface area contributed by atoms with E-state index in [4.69, 9.17) is 5.11 Å². The van der Waals surface area contributed by atoms with Crippen LogP contribution in [0, 0.1) is 10.1 Å². The number of aromatic carboxylic acids is 1. The number of hydrogen-bond acceptors (Lipinski definition) is 4. The number of benzene rings is 2. The van der Waals surface area contributed by atoms with Crippen molar-refractivity contribution in [3.8, 4) is 0 Å². The molecule has 0 atom stereocenters. The van der Waals surface area contributed by atoms with Gasteiger partial charge in [0.2, 0.25) is 0 Å². The van der Waals surface area contributed by atoms with Gasteiger partial charge in [0.1, 0.15) is 0 Å². The van der Waals surface area contributed by atoms with E-state index in [-0.39, 0.29) is 11.3 Å². The summed E-state index contributed by atoms with van der Waals surface area (Å²) in [6, 6.07) is 12.7. The number of para-hydroxylation sites is 1. The first-order chi connectivity index (χ1) is 9.58. The molecule has 0 fully saturated rings. The fraction of sp³-hybridized carbons (Fsp3) is 0.0714. The molecule has 20 heavy (non-hydrogen) atoms. The molecule has 102 valence electrons. The Labute approximate surface area is 114 Å². The van der Waals surface area contributed by atoms with Crippen molar-refractivity contribution < 1.29 is 14.8 Å². The highest BCUT2D eigenvalue weighted by molar-refractivity contribution is 5.87. The van der Waals surface area contributed by atoms with Crippen molar-refractivity contribution in [2.24, 2.45) is 0 Å². The molecule has 2 rings (SSSR count). The Morgan fingerprint density at radius 3 is 2.40 bits per heavy atom. The van der Waals surface area contributed by atoms with Crippen LogP contribution in [0.5, 0.6) is 0 Å². The molecule has 0 saturated carbocycles. The molecule has 2 aromatic carbocycles. The topological polar surface area (TPSA) is 92.5 Å². The lowest BCUT2D eigenvalue weighted by molar-refractivity contribution is -0.385. The van der Waals surface area contributed by atoms with Gasteiger partial charge >= 0.3 is 5.97 Å². The van der Waals surface area contributed by atoms with Crippen LogP contribution in [0.4, 0.5) is 11.4 Å². The van der Waals surface area contributed by atoms with Crippen molar-refractivity contribution in [1.82, 2.24) is 0 Å². The van der Waals surface area contributed by atoms with Crippen molar-refractivity contribution >= 4 is 17.3 Å². The minimum absolute atomic E-state index is 0.0576. The van der Waals surface area contributed by atoms with E-state index in [2.05, 4.69) is 5.32 Å². The van der Waals surface area contributed by atoms with Crippen LogP contribution in [-0.2, 0) is 6.54 Å². The summed E-state index contributed by atoms with van der Waals surface area (Å²) in [4.78, 5) is 21.2. The maximum absolute atomic E-state index is 10.9. The number of carboxylic acids is 1. The number of rotatable bonds is 5. The number of anilines is 1. The molecule has 0 radical (unpaired) electrons. The molecule has 0 aliphatic carbocycles. The predicted molar refractivity (Wildman–Crippen MR) is 73.8 cm³/mol. The molecular formula is C14H12N2O4. The van der Waals surface area contributed by atoms with Crippen LogP contribution in [0.15, 0.2) is 48.5 Å². The monoisotopic (exact) mass is 272 g/mol. The summed E-state index contributed by atoms with van der Waals surface area (Å²) < 4.78 is 0. The van der Waals surface area contributed by atoms with Crippen molar-refractivity contribution in [2.75, 3.05) is 5.32 Å². The normalized spacial score (nSPS) is 10.0. The number of nitrogens with one attached hydrogen (secondary N) is 1. The van der Waals surface area contributed by atoms with Gasteiger partial charge in [-0.1, -0.05) is 18.2 Å². The van der Waals surface area contributed by atoms with Crippen LogP contribution < -0.4 is 5.32 Å². The van der Waals surface area contributed by atoms with E-state index in [9.17, 15) is 14.9 Å². The lowest BCUT2D eigenvalue weighted by atomic mass is 10.1. The molecule has 6 heteroatoms. The van der Waals surface area contributed by atoms with Crippen molar-refractivity contribution in [3.63, 3.8) is 0 Å². The molecule has 0 spiro atoms. The van der Waals surface area contributed by atoms with Gasteiger partial charge in [-0.2, -0.15) is 0 Å². The molecule has 0 saturated heterocycles. The van der Waals surface area contributed by atoms with Crippen molar-refractivity contribution in [2.45, 2.75) is 6.54 Å². The van der Waals surface area contributed by atoms with Crippen LogP contribution >= 0.6 is 0 Å². The SMILES string of the molecule is O=C(O)c1ccc(NCc2ccccc2[N+](=O)[O-])cc1. The van der Waals surface area contributed by atoms with E-state index in [1.807, 2.05) is 0 Å². The molecule has 0 aliphatic heterocycles. The molecule has 0 heterocycles. The van der Waals surface area contributed by atoms with Crippen molar-refractivity contribution in [3.05, 3.63) is 69.8 Å². The van der Waals surface area contributed by atoms with E-state index in [1.165, 1.54) is 18.2 Å². The second kappa shape index (κ2) is 5.83. The van der Waals surface area contributed by atoms with Crippen LogP contribution in [-0.4, -0.2) is 16.0 Å². The zero-order valence-electron chi connectivity index (χ0n) is 10.4. The van der Waals surface area contributed by atoms with Gasteiger partial charge in [0, 0.05) is 23.9 Å². The van der Waals surface area contributed by atoms with Crippen molar-refractivity contribution in [1.29, 1.82) is 0 Å². The molecule has 0 bridgehead atoms. The number of nitro benzene ring substituents is 1. The quantitative estimate of drug-likeness (QED) is 0.644. The number of carbonyl (C=O) groups is 1. The summed E-state index contributed by atoms with van der Waals surface area (Å²) in [5, 5.41) is 22.7. The minimum Gasteiger partial charge on any atom is -0.478 e. The summed E-state index contributed by atoms with van der Waals surface area (Å²) >= 11 is 0. The van der Waals surface area contributed by atoms with Crippen LogP contribution in [0.25, 0.3) is 0 Å². The third kappa shape index (κ3) is 3.11. The molecule has 2 N–H and O–H groups in total. The Morgan fingerprint density at radius 1 is 1.15 bits per heavy atom. The molecule has 0 unspecified atom stereocenters. The molecule has 0 amide bonds. The largest absolute Gasteiger partial charge is 0.478 e. The fourth-order valence-electron chi connectivity index (χ4n) is 1.77. The van der Waals surface area contributed by atoms with Gasteiger partial charge in [-0.15, -0.1) is 0 Å². The average molecular weight is 272 g/mol. The number of nitro groups is 1. The Morgan fingerprint density at radius 2 is 1.80 bits per heavy atom. The van der Waals surface area contributed by atoms with E-state index in [0.717, 1.165) is 0 Å². The number of nitrogens with zero attached hydrogens (tertiary/aromatic N) is 1. The third-order valence-electron chi connectivity index (χ3n) is 2.80. The van der Waals surface area contributed by atoms with Gasteiger partial charge in [-0.05, 0) is 24.3 Å². The number of hydrogen-bond donors (Lipinski definition) is 2.